The summed E-state index contributed by atoms with van der Waals surface area (Å²) in [5.74, 6) is 0.486. The first-order valence-electron chi connectivity index (χ1n) is 9.29. The third-order valence-corrected chi connectivity index (χ3v) is 6.14. The van der Waals surface area contributed by atoms with Crippen molar-refractivity contribution < 1.29 is 4.74 Å². The number of aromatic nitrogens is 3. The van der Waals surface area contributed by atoms with Crippen LogP contribution in [-0.4, -0.2) is 28.3 Å². The van der Waals surface area contributed by atoms with Crippen molar-refractivity contribution >= 4 is 17.2 Å². The fraction of sp³-hybridized carbons (Fsp3) is 0.350. The van der Waals surface area contributed by atoms with E-state index in [0.29, 0.717) is 18.5 Å². The molecule has 7 heteroatoms. The van der Waals surface area contributed by atoms with Crippen LogP contribution in [0.25, 0.3) is 21.7 Å². The minimum Gasteiger partial charge on any atom is -0.383 e. The van der Waals surface area contributed by atoms with Crippen molar-refractivity contribution in [3.63, 3.8) is 0 Å². The zero-order chi connectivity index (χ0) is 18.2. The molecule has 2 aliphatic heterocycles. The van der Waals surface area contributed by atoms with Gasteiger partial charge in [-0.05, 0) is 60.2 Å². The van der Waals surface area contributed by atoms with Crippen LogP contribution in [0.2, 0.25) is 0 Å². The lowest BCUT2D eigenvalue weighted by Crippen LogP contribution is -2.19. The molecule has 0 aliphatic carbocycles. The lowest BCUT2D eigenvalue weighted by molar-refractivity contribution is 0.109. The highest BCUT2D eigenvalue weighted by atomic mass is 32.1. The molecular formula is C20H21N5OS. The molecule has 0 spiro atoms. The third kappa shape index (κ3) is 3.12. The van der Waals surface area contributed by atoms with E-state index in [1.54, 1.807) is 5.51 Å². The number of nitrogens with one attached hydrogen (secondary N) is 1. The summed E-state index contributed by atoms with van der Waals surface area (Å²) in [6, 6.07) is 7.07. The number of fused-ring (bicyclic) bond motifs is 1. The highest BCUT2D eigenvalue weighted by Gasteiger charge is 2.24. The predicted molar refractivity (Wildman–Crippen MR) is 106 cm³/mol. The fourth-order valence-electron chi connectivity index (χ4n) is 4.03. The monoisotopic (exact) mass is 379 g/mol. The number of nitrogens with two attached hydrogens (primary N) is 1. The van der Waals surface area contributed by atoms with E-state index in [-0.39, 0.29) is 0 Å². The van der Waals surface area contributed by atoms with Crippen LogP contribution in [0.4, 0.5) is 5.82 Å². The molecule has 2 aromatic heterocycles. The Balaban J connectivity index is 1.63. The van der Waals surface area contributed by atoms with E-state index in [9.17, 15) is 0 Å². The zero-order valence-electron chi connectivity index (χ0n) is 14.9. The van der Waals surface area contributed by atoms with Gasteiger partial charge in [0.05, 0.1) is 18.8 Å². The van der Waals surface area contributed by atoms with Crippen LogP contribution in [-0.2, 0) is 17.8 Å². The van der Waals surface area contributed by atoms with Gasteiger partial charge in [0.2, 0.25) is 0 Å². The van der Waals surface area contributed by atoms with Crippen molar-refractivity contribution in [2.24, 2.45) is 0 Å². The van der Waals surface area contributed by atoms with E-state index < -0.39 is 0 Å². The molecule has 1 atom stereocenters. The lowest BCUT2D eigenvalue weighted by Gasteiger charge is -2.24. The van der Waals surface area contributed by atoms with Crippen LogP contribution < -0.4 is 11.1 Å². The van der Waals surface area contributed by atoms with Crippen LogP contribution in [0.15, 0.2) is 29.9 Å². The van der Waals surface area contributed by atoms with Crippen molar-refractivity contribution in [3.05, 3.63) is 46.6 Å². The molecule has 27 heavy (non-hydrogen) atoms. The van der Waals surface area contributed by atoms with E-state index >= 15 is 0 Å². The first kappa shape index (κ1) is 16.8. The summed E-state index contributed by atoms with van der Waals surface area (Å²) in [5, 5.41) is 12.5. The Morgan fingerprint density at radius 3 is 3.00 bits per heavy atom. The minimum absolute atomic E-state index is 0.407. The Bertz CT molecular complexity index is 967. The summed E-state index contributed by atoms with van der Waals surface area (Å²) in [6.07, 6.45) is 5.20. The average molecular weight is 379 g/mol. The summed E-state index contributed by atoms with van der Waals surface area (Å²) in [5.41, 5.74) is 15.0. The highest BCUT2D eigenvalue weighted by molar-refractivity contribution is 7.12. The summed E-state index contributed by atoms with van der Waals surface area (Å²) in [7, 11) is 0. The van der Waals surface area contributed by atoms with Gasteiger partial charge in [0, 0.05) is 17.8 Å². The number of rotatable bonds is 3. The quantitative estimate of drug-likeness (QED) is 0.726. The SMILES string of the molecule is Nc1ncc(-c2cc3c(c(C4CCCN4)c2)COCC3)cc1-c1nncs1. The molecule has 0 saturated carbocycles. The van der Waals surface area contributed by atoms with Crippen LogP contribution >= 0.6 is 11.3 Å². The third-order valence-electron chi connectivity index (χ3n) is 5.42. The van der Waals surface area contributed by atoms with E-state index in [1.165, 1.54) is 46.4 Å². The maximum atomic E-state index is 6.10. The molecular weight excluding hydrogens is 358 g/mol. The lowest BCUT2D eigenvalue weighted by atomic mass is 9.88. The maximum absolute atomic E-state index is 6.10. The van der Waals surface area contributed by atoms with Crippen molar-refractivity contribution in [1.29, 1.82) is 0 Å². The van der Waals surface area contributed by atoms with E-state index in [0.717, 1.165) is 35.7 Å². The standard InChI is InChI=1S/C20H21N5OS/c21-19-16(20-25-24-11-27-20)8-14(9-23-19)13-6-12-3-5-26-10-17(12)15(7-13)18-2-1-4-22-18/h6-9,11,18,22H,1-5,10H2,(H2,21,23). The number of ether oxygens (including phenoxy) is 1. The summed E-state index contributed by atoms with van der Waals surface area (Å²) in [6.45, 7) is 2.57. The first-order valence-corrected chi connectivity index (χ1v) is 10.2. The van der Waals surface area contributed by atoms with E-state index in [4.69, 9.17) is 10.5 Å². The Kier molecular flexibility index (Phi) is 4.35. The molecule has 138 valence electrons. The summed E-state index contributed by atoms with van der Waals surface area (Å²) >= 11 is 1.47. The predicted octanol–water partition coefficient (Wildman–Crippen LogP) is 3.35. The molecule has 1 unspecified atom stereocenters. The van der Waals surface area contributed by atoms with Gasteiger partial charge in [0.15, 0.2) is 5.01 Å². The maximum Gasteiger partial charge on any atom is 0.151 e. The first-order chi connectivity index (χ1) is 13.3. The van der Waals surface area contributed by atoms with E-state index in [1.807, 2.05) is 6.20 Å². The fourth-order valence-corrected chi connectivity index (χ4v) is 4.61. The van der Waals surface area contributed by atoms with Gasteiger partial charge >= 0.3 is 0 Å². The molecule has 1 fully saturated rings. The number of benzene rings is 1. The van der Waals surface area contributed by atoms with Crippen LogP contribution in [0, 0.1) is 0 Å². The van der Waals surface area contributed by atoms with Crippen molar-refractivity contribution in [1.82, 2.24) is 20.5 Å². The summed E-state index contributed by atoms with van der Waals surface area (Å²) in [4.78, 5) is 4.43. The Morgan fingerprint density at radius 1 is 1.22 bits per heavy atom. The molecule has 6 nitrogen and oxygen atoms in total. The highest BCUT2D eigenvalue weighted by Crippen LogP contribution is 2.36. The van der Waals surface area contributed by atoms with Gasteiger partial charge in [-0.2, -0.15) is 0 Å². The van der Waals surface area contributed by atoms with Crippen LogP contribution in [0.1, 0.15) is 35.6 Å². The number of pyridine rings is 1. The number of hydrogen-bond donors (Lipinski definition) is 2. The average Bonchev–Trinajstić information content (AvgIpc) is 3.41. The number of hydrogen-bond acceptors (Lipinski definition) is 7. The largest absolute Gasteiger partial charge is 0.383 e. The Labute approximate surface area is 161 Å². The minimum atomic E-state index is 0.407. The van der Waals surface area contributed by atoms with Gasteiger partial charge in [-0.15, -0.1) is 10.2 Å². The van der Waals surface area contributed by atoms with Gasteiger partial charge in [-0.3, -0.25) is 0 Å². The second kappa shape index (κ2) is 6.99. The number of anilines is 1. The topological polar surface area (TPSA) is 86.0 Å². The van der Waals surface area contributed by atoms with Gasteiger partial charge in [-0.1, -0.05) is 17.4 Å². The van der Waals surface area contributed by atoms with E-state index in [2.05, 4.69) is 38.7 Å². The molecule has 4 heterocycles. The number of nitrogens with zero attached hydrogens (tertiary/aromatic N) is 3. The van der Waals surface area contributed by atoms with Gasteiger partial charge in [0.25, 0.3) is 0 Å². The Hall–Kier alpha value is -2.35. The molecule has 0 amide bonds. The normalized spacial score (nSPS) is 19.2. The molecule has 0 bridgehead atoms. The molecule has 3 N–H and O–H groups in total. The van der Waals surface area contributed by atoms with Gasteiger partial charge in [0.1, 0.15) is 11.3 Å². The van der Waals surface area contributed by atoms with Crippen molar-refractivity contribution in [2.75, 3.05) is 18.9 Å². The second-order valence-corrected chi connectivity index (χ2v) is 7.89. The van der Waals surface area contributed by atoms with Gasteiger partial charge < -0.3 is 15.8 Å². The van der Waals surface area contributed by atoms with Gasteiger partial charge in [-0.25, -0.2) is 4.98 Å². The molecule has 1 aromatic carbocycles. The molecule has 5 rings (SSSR count). The van der Waals surface area contributed by atoms with Crippen molar-refractivity contribution in [2.45, 2.75) is 31.9 Å². The van der Waals surface area contributed by atoms with Crippen molar-refractivity contribution in [3.8, 4) is 21.7 Å². The molecule has 3 aromatic rings. The Morgan fingerprint density at radius 2 is 2.19 bits per heavy atom. The number of nitrogen functional groups attached to an aromatic ring is 1. The van der Waals surface area contributed by atoms with Crippen LogP contribution in [0.5, 0.6) is 0 Å². The smallest absolute Gasteiger partial charge is 0.151 e. The summed E-state index contributed by atoms with van der Waals surface area (Å²) < 4.78 is 5.76. The molecule has 1 saturated heterocycles. The zero-order valence-corrected chi connectivity index (χ0v) is 15.8. The molecule has 0 radical (unpaired) electrons. The molecule has 2 aliphatic rings. The second-order valence-electron chi connectivity index (χ2n) is 7.06. The van der Waals surface area contributed by atoms with Crippen LogP contribution in [0.3, 0.4) is 0 Å².